The molecule has 1 N–H and O–H groups in total. The van der Waals surface area contributed by atoms with E-state index < -0.39 is 17.4 Å². The van der Waals surface area contributed by atoms with Crippen LogP contribution in [0.15, 0.2) is 12.1 Å². The fraction of sp³-hybridized carbons (Fsp3) is 0.412. The number of morpholine rings is 1. The number of hydrogen-bond acceptors (Lipinski definition) is 5. The highest BCUT2D eigenvalue weighted by Crippen LogP contribution is 2.33. The Kier molecular flexibility index (Phi) is 4.75. The number of aromatic hydroxyl groups is 1. The normalized spacial score (nSPS) is 20.8. The summed E-state index contributed by atoms with van der Waals surface area (Å²) < 4.78 is 32.8. The van der Waals surface area contributed by atoms with Gasteiger partial charge in [-0.15, -0.1) is 11.3 Å². The molecule has 5 nitrogen and oxygen atoms in total. The van der Waals surface area contributed by atoms with E-state index in [2.05, 4.69) is 4.98 Å². The minimum atomic E-state index is -1.06. The predicted octanol–water partition coefficient (Wildman–Crippen LogP) is 3.35. The Hall–Kier alpha value is -2.06. The molecule has 8 heteroatoms. The topological polar surface area (TPSA) is 62.7 Å². The molecule has 1 aromatic carbocycles. The van der Waals surface area contributed by atoms with Gasteiger partial charge in [0.2, 0.25) is 0 Å². The molecule has 2 atom stereocenters. The van der Waals surface area contributed by atoms with Crippen molar-refractivity contribution >= 4 is 17.2 Å². The quantitative estimate of drug-likeness (QED) is 0.883. The summed E-state index contributed by atoms with van der Waals surface area (Å²) in [6.07, 6.45) is -0.110. The molecule has 0 unspecified atom stereocenters. The molecule has 1 saturated heterocycles. The summed E-state index contributed by atoms with van der Waals surface area (Å²) in [5.41, 5.74) is 0.689. The van der Waals surface area contributed by atoms with Crippen LogP contribution in [0.3, 0.4) is 0 Å². The number of carbonyl (C=O) groups excluding carboxylic acids is 1. The third-order valence-electron chi connectivity index (χ3n) is 3.96. The monoisotopic (exact) mass is 368 g/mol. The second-order valence-electron chi connectivity index (χ2n) is 6.19. The molecule has 3 rings (SSSR count). The third kappa shape index (κ3) is 3.50. The van der Waals surface area contributed by atoms with E-state index in [1.165, 1.54) is 0 Å². The smallest absolute Gasteiger partial charge is 0.266 e. The number of ether oxygens (including phenoxy) is 1. The third-order valence-corrected chi connectivity index (χ3v) is 5.16. The highest BCUT2D eigenvalue weighted by molar-refractivity contribution is 7.17. The zero-order chi connectivity index (χ0) is 18.3. The van der Waals surface area contributed by atoms with E-state index in [0.717, 1.165) is 23.5 Å². The Morgan fingerprint density at radius 2 is 1.84 bits per heavy atom. The standard InChI is InChI=1S/C17H18F2N2O3S/c1-8-6-21(7-9(2)24-8)17(23)15-10(3)20-16(25-15)11-4-12(18)14(22)13(19)5-11/h4-5,8-9,22H,6-7H2,1-3H3/t8-,9+. The van der Waals surface area contributed by atoms with Crippen LogP contribution >= 0.6 is 11.3 Å². The number of aryl methyl sites for hydroxylation is 1. The van der Waals surface area contributed by atoms with Gasteiger partial charge in [0.05, 0.1) is 17.9 Å². The summed E-state index contributed by atoms with van der Waals surface area (Å²) in [7, 11) is 0. The lowest BCUT2D eigenvalue weighted by Crippen LogP contribution is -2.48. The molecular formula is C17H18F2N2O3S. The fourth-order valence-electron chi connectivity index (χ4n) is 2.89. The maximum Gasteiger partial charge on any atom is 0.266 e. The number of amides is 1. The van der Waals surface area contributed by atoms with Crippen LogP contribution in [0.5, 0.6) is 5.75 Å². The molecule has 2 heterocycles. The number of hydrogen-bond donors (Lipinski definition) is 1. The van der Waals surface area contributed by atoms with E-state index in [4.69, 9.17) is 4.74 Å². The lowest BCUT2D eigenvalue weighted by atomic mass is 10.2. The Balaban J connectivity index is 1.91. The average Bonchev–Trinajstić information content (AvgIpc) is 2.92. The molecule has 0 bridgehead atoms. The largest absolute Gasteiger partial charge is 0.503 e. The van der Waals surface area contributed by atoms with Crippen molar-refractivity contribution in [3.63, 3.8) is 0 Å². The van der Waals surface area contributed by atoms with Crippen LogP contribution in [0.4, 0.5) is 8.78 Å². The van der Waals surface area contributed by atoms with E-state index in [1.54, 1.807) is 11.8 Å². The van der Waals surface area contributed by atoms with Crippen LogP contribution in [-0.2, 0) is 4.74 Å². The summed E-state index contributed by atoms with van der Waals surface area (Å²) >= 11 is 1.08. The lowest BCUT2D eigenvalue weighted by molar-refractivity contribution is -0.0585. The molecule has 0 saturated carbocycles. The van der Waals surface area contributed by atoms with Crippen LogP contribution in [-0.4, -0.2) is 46.2 Å². The van der Waals surface area contributed by atoms with Crippen molar-refractivity contribution in [3.05, 3.63) is 34.3 Å². The first-order valence-electron chi connectivity index (χ1n) is 7.86. The number of nitrogens with zero attached hydrogens (tertiary/aromatic N) is 2. The van der Waals surface area contributed by atoms with Gasteiger partial charge in [-0.3, -0.25) is 4.79 Å². The number of phenols is 1. The van der Waals surface area contributed by atoms with Crippen LogP contribution in [0.1, 0.15) is 29.2 Å². The minimum Gasteiger partial charge on any atom is -0.503 e. The molecule has 0 spiro atoms. The molecule has 1 fully saturated rings. The van der Waals surface area contributed by atoms with Crippen molar-refractivity contribution in [2.45, 2.75) is 33.0 Å². The number of benzene rings is 1. The van der Waals surface area contributed by atoms with Crippen LogP contribution in [0.2, 0.25) is 0 Å². The zero-order valence-electron chi connectivity index (χ0n) is 14.0. The van der Waals surface area contributed by atoms with Gasteiger partial charge in [0.1, 0.15) is 9.88 Å². The molecule has 2 aromatic rings. The maximum absolute atomic E-state index is 13.6. The lowest BCUT2D eigenvalue weighted by Gasteiger charge is -2.35. The molecule has 134 valence electrons. The molecule has 25 heavy (non-hydrogen) atoms. The van der Waals surface area contributed by atoms with Gasteiger partial charge in [0, 0.05) is 18.7 Å². The summed E-state index contributed by atoms with van der Waals surface area (Å²) in [6, 6.07) is 2.01. The second-order valence-corrected chi connectivity index (χ2v) is 7.19. The molecule has 1 aliphatic rings. The number of aromatic nitrogens is 1. The molecule has 0 radical (unpaired) electrons. The number of phenolic OH excluding ortho intramolecular Hbond substituents is 1. The van der Waals surface area contributed by atoms with E-state index in [-0.39, 0.29) is 23.7 Å². The molecule has 1 aliphatic heterocycles. The highest BCUT2D eigenvalue weighted by Gasteiger charge is 2.29. The summed E-state index contributed by atoms with van der Waals surface area (Å²) in [5, 5.41) is 9.53. The van der Waals surface area contributed by atoms with Crippen LogP contribution in [0, 0.1) is 18.6 Å². The van der Waals surface area contributed by atoms with Crippen LogP contribution in [0.25, 0.3) is 10.6 Å². The Morgan fingerprint density at radius 3 is 2.40 bits per heavy atom. The fourth-order valence-corrected chi connectivity index (χ4v) is 3.92. The first kappa shape index (κ1) is 17.8. The maximum atomic E-state index is 13.6. The predicted molar refractivity (Wildman–Crippen MR) is 89.8 cm³/mol. The van der Waals surface area contributed by atoms with Crippen molar-refractivity contribution in [1.82, 2.24) is 9.88 Å². The van der Waals surface area contributed by atoms with Gasteiger partial charge in [-0.05, 0) is 32.9 Å². The number of thiazole rings is 1. The van der Waals surface area contributed by atoms with Gasteiger partial charge >= 0.3 is 0 Å². The number of halogens is 2. The number of rotatable bonds is 2. The Labute approximate surface area is 147 Å². The average molecular weight is 368 g/mol. The molecule has 1 amide bonds. The van der Waals surface area contributed by atoms with Gasteiger partial charge in [-0.25, -0.2) is 13.8 Å². The molecule has 1 aromatic heterocycles. The van der Waals surface area contributed by atoms with Gasteiger partial charge in [0.15, 0.2) is 17.4 Å². The van der Waals surface area contributed by atoms with Crippen molar-refractivity contribution in [3.8, 4) is 16.3 Å². The Bertz CT molecular complexity index is 791. The highest BCUT2D eigenvalue weighted by atomic mass is 32.1. The van der Waals surface area contributed by atoms with E-state index in [1.807, 2.05) is 13.8 Å². The van der Waals surface area contributed by atoms with Gasteiger partial charge in [-0.2, -0.15) is 0 Å². The number of carbonyl (C=O) groups is 1. The summed E-state index contributed by atoms with van der Waals surface area (Å²) in [6.45, 7) is 6.47. The van der Waals surface area contributed by atoms with E-state index in [9.17, 15) is 18.7 Å². The second kappa shape index (κ2) is 6.68. The van der Waals surface area contributed by atoms with Crippen molar-refractivity contribution in [2.75, 3.05) is 13.1 Å². The van der Waals surface area contributed by atoms with Crippen molar-refractivity contribution in [2.24, 2.45) is 0 Å². The SMILES string of the molecule is Cc1nc(-c2cc(F)c(O)c(F)c2)sc1C(=O)N1C[C@@H](C)O[C@@H](C)C1. The Morgan fingerprint density at radius 1 is 1.28 bits per heavy atom. The summed E-state index contributed by atoms with van der Waals surface area (Å²) in [5.74, 6) is -3.31. The summed E-state index contributed by atoms with van der Waals surface area (Å²) in [4.78, 5) is 19.2. The zero-order valence-corrected chi connectivity index (χ0v) is 14.9. The van der Waals surface area contributed by atoms with E-state index in [0.29, 0.717) is 28.7 Å². The molecule has 0 aliphatic carbocycles. The van der Waals surface area contributed by atoms with E-state index >= 15 is 0 Å². The first-order valence-corrected chi connectivity index (χ1v) is 8.68. The van der Waals surface area contributed by atoms with Crippen molar-refractivity contribution < 1.29 is 23.4 Å². The van der Waals surface area contributed by atoms with Gasteiger partial charge < -0.3 is 14.7 Å². The van der Waals surface area contributed by atoms with Crippen LogP contribution < -0.4 is 0 Å². The molecular weight excluding hydrogens is 350 g/mol. The first-order chi connectivity index (χ1) is 11.8. The minimum absolute atomic E-state index is 0.0549. The van der Waals surface area contributed by atoms with Gasteiger partial charge in [-0.1, -0.05) is 0 Å². The van der Waals surface area contributed by atoms with Crippen molar-refractivity contribution in [1.29, 1.82) is 0 Å². The van der Waals surface area contributed by atoms with Gasteiger partial charge in [0.25, 0.3) is 5.91 Å².